The van der Waals surface area contributed by atoms with Gasteiger partial charge in [-0.25, -0.2) is 4.79 Å². The first kappa shape index (κ1) is 14.6. The first-order chi connectivity index (χ1) is 8.88. The summed E-state index contributed by atoms with van der Waals surface area (Å²) in [6.45, 7) is 0. The van der Waals surface area contributed by atoms with E-state index in [0.29, 0.717) is 5.69 Å². The number of nitrogens with zero attached hydrogens (tertiary/aromatic N) is 1. The van der Waals surface area contributed by atoms with Crippen molar-refractivity contribution in [2.75, 3.05) is 12.4 Å². The molecule has 0 atom stereocenters. The van der Waals surface area contributed by atoms with Crippen LogP contribution in [0.15, 0.2) is 36.0 Å². The van der Waals surface area contributed by atoms with Crippen LogP contribution in [-0.2, 0) is 15.7 Å². The molecule has 0 aromatic heterocycles. The lowest BCUT2D eigenvalue weighted by Crippen LogP contribution is -2.06. The molecule has 0 unspecified atom stereocenters. The van der Waals surface area contributed by atoms with E-state index in [1.54, 1.807) is 6.07 Å². The number of halogens is 3. The van der Waals surface area contributed by atoms with E-state index in [1.165, 1.54) is 12.1 Å². The lowest BCUT2D eigenvalue weighted by atomic mass is 10.2. The Hall–Kier alpha value is -2.49. The minimum absolute atomic E-state index is 0.289. The maximum atomic E-state index is 12.3. The molecule has 0 heterocycles. The van der Waals surface area contributed by atoms with Crippen molar-refractivity contribution in [1.82, 2.24) is 0 Å². The summed E-state index contributed by atoms with van der Waals surface area (Å²) < 4.78 is 41.2. The van der Waals surface area contributed by atoms with Gasteiger partial charge in [0.15, 0.2) is 5.57 Å². The van der Waals surface area contributed by atoms with Crippen molar-refractivity contribution < 1.29 is 22.7 Å². The van der Waals surface area contributed by atoms with Crippen molar-refractivity contribution in [3.8, 4) is 6.07 Å². The lowest BCUT2D eigenvalue weighted by Gasteiger charge is -2.07. The molecule has 4 nitrogen and oxygen atoms in total. The fourth-order valence-corrected chi connectivity index (χ4v) is 1.16. The number of anilines is 1. The van der Waals surface area contributed by atoms with Crippen LogP contribution in [0.4, 0.5) is 18.9 Å². The number of benzene rings is 1. The first-order valence-corrected chi connectivity index (χ1v) is 5.01. The Morgan fingerprint density at radius 2 is 1.95 bits per heavy atom. The van der Waals surface area contributed by atoms with Crippen LogP contribution < -0.4 is 5.32 Å². The van der Waals surface area contributed by atoms with E-state index < -0.39 is 17.7 Å². The van der Waals surface area contributed by atoms with E-state index >= 15 is 0 Å². The molecule has 0 amide bonds. The van der Waals surface area contributed by atoms with Crippen LogP contribution >= 0.6 is 0 Å². The van der Waals surface area contributed by atoms with Crippen LogP contribution in [0, 0.1) is 11.3 Å². The summed E-state index contributed by atoms with van der Waals surface area (Å²) in [6, 6.07) is 5.75. The summed E-state index contributed by atoms with van der Waals surface area (Å²) in [7, 11) is 1.12. The monoisotopic (exact) mass is 270 g/mol. The van der Waals surface area contributed by atoms with Crippen molar-refractivity contribution in [3.05, 3.63) is 41.6 Å². The maximum absolute atomic E-state index is 12.3. The van der Waals surface area contributed by atoms with Crippen molar-refractivity contribution in [1.29, 1.82) is 5.26 Å². The average molecular weight is 270 g/mol. The number of hydrogen-bond donors (Lipinski definition) is 1. The molecular weight excluding hydrogens is 261 g/mol. The summed E-state index contributed by atoms with van der Waals surface area (Å²) in [4.78, 5) is 11.0. The SMILES string of the molecule is COC(=O)/C(C#N)=C\Nc1ccc(C(F)(F)F)cc1. The van der Waals surface area contributed by atoms with E-state index in [4.69, 9.17) is 5.26 Å². The highest BCUT2D eigenvalue weighted by Gasteiger charge is 2.29. The van der Waals surface area contributed by atoms with E-state index in [-0.39, 0.29) is 5.57 Å². The molecule has 7 heteroatoms. The van der Waals surface area contributed by atoms with E-state index in [2.05, 4.69) is 10.1 Å². The fraction of sp³-hybridized carbons (Fsp3) is 0.167. The van der Waals surface area contributed by atoms with Crippen LogP contribution in [0.1, 0.15) is 5.56 Å². The number of methoxy groups -OCH3 is 1. The summed E-state index contributed by atoms with van der Waals surface area (Å²) in [5.41, 5.74) is -0.762. The number of nitriles is 1. The second kappa shape index (κ2) is 5.91. The highest BCUT2D eigenvalue weighted by atomic mass is 19.4. The van der Waals surface area contributed by atoms with Gasteiger partial charge in [0.05, 0.1) is 12.7 Å². The van der Waals surface area contributed by atoms with E-state index in [9.17, 15) is 18.0 Å². The first-order valence-electron chi connectivity index (χ1n) is 5.01. The van der Waals surface area contributed by atoms with E-state index in [1.807, 2.05) is 0 Å². The normalized spacial score (nSPS) is 11.6. The number of carbonyl (C=O) groups is 1. The van der Waals surface area contributed by atoms with Crippen molar-refractivity contribution in [2.24, 2.45) is 0 Å². The zero-order valence-electron chi connectivity index (χ0n) is 9.78. The van der Waals surface area contributed by atoms with Crippen LogP contribution in [0.5, 0.6) is 0 Å². The summed E-state index contributed by atoms with van der Waals surface area (Å²) in [5.74, 6) is -0.832. The lowest BCUT2D eigenvalue weighted by molar-refractivity contribution is -0.137. The largest absolute Gasteiger partial charge is 0.465 e. The molecule has 0 saturated carbocycles. The Morgan fingerprint density at radius 1 is 1.37 bits per heavy atom. The van der Waals surface area contributed by atoms with Gasteiger partial charge >= 0.3 is 12.1 Å². The molecule has 1 aromatic carbocycles. The third-order valence-corrected chi connectivity index (χ3v) is 2.12. The van der Waals surface area contributed by atoms with Gasteiger partial charge < -0.3 is 10.1 Å². The summed E-state index contributed by atoms with van der Waals surface area (Å²) in [5, 5.41) is 11.2. The smallest absolute Gasteiger partial charge is 0.416 e. The number of carbonyl (C=O) groups excluding carboxylic acids is 1. The number of nitrogens with one attached hydrogen (secondary N) is 1. The van der Waals surface area contributed by atoms with Gasteiger partial charge in [0.2, 0.25) is 0 Å². The molecular formula is C12H9F3N2O2. The van der Waals surface area contributed by atoms with Crippen LogP contribution in [0.2, 0.25) is 0 Å². The number of esters is 1. The molecule has 0 fully saturated rings. The van der Waals surface area contributed by atoms with Gasteiger partial charge in [-0.2, -0.15) is 18.4 Å². The van der Waals surface area contributed by atoms with Crippen molar-refractivity contribution in [3.63, 3.8) is 0 Å². The molecule has 1 aromatic rings. The molecule has 0 radical (unpaired) electrons. The van der Waals surface area contributed by atoms with Gasteiger partial charge in [0, 0.05) is 11.9 Å². The van der Waals surface area contributed by atoms with Crippen molar-refractivity contribution >= 4 is 11.7 Å². The Morgan fingerprint density at radius 3 is 2.37 bits per heavy atom. The molecule has 100 valence electrons. The Balaban J connectivity index is 2.82. The summed E-state index contributed by atoms with van der Waals surface area (Å²) in [6.07, 6.45) is -3.34. The van der Waals surface area contributed by atoms with Gasteiger partial charge in [0.25, 0.3) is 0 Å². The highest BCUT2D eigenvalue weighted by molar-refractivity contribution is 5.92. The average Bonchev–Trinajstić information content (AvgIpc) is 2.38. The zero-order chi connectivity index (χ0) is 14.5. The van der Waals surface area contributed by atoms with E-state index in [0.717, 1.165) is 25.4 Å². The van der Waals surface area contributed by atoms with Gasteiger partial charge in [-0.05, 0) is 24.3 Å². The minimum atomic E-state index is -4.40. The predicted molar refractivity (Wildman–Crippen MR) is 60.8 cm³/mol. The Bertz CT molecular complexity index is 527. The molecule has 0 aliphatic rings. The molecule has 1 rings (SSSR count). The quantitative estimate of drug-likeness (QED) is 0.521. The standard InChI is InChI=1S/C12H9F3N2O2/c1-19-11(18)8(6-16)7-17-10-4-2-9(3-5-10)12(13,14)15/h2-5,7,17H,1H3/b8-7-. The van der Waals surface area contributed by atoms with Gasteiger partial charge in [-0.3, -0.25) is 0 Å². The molecule has 0 aliphatic heterocycles. The van der Waals surface area contributed by atoms with Crippen molar-refractivity contribution in [2.45, 2.75) is 6.18 Å². The number of ether oxygens (including phenoxy) is 1. The maximum Gasteiger partial charge on any atom is 0.416 e. The summed E-state index contributed by atoms with van der Waals surface area (Å²) >= 11 is 0. The number of hydrogen-bond acceptors (Lipinski definition) is 4. The minimum Gasteiger partial charge on any atom is -0.465 e. The molecule has 0 spiro atoms. The Labute approximate surface area is 107 Å². The molecule has 19 heavy (non-hydrogen) atoms. The topological polar surface area (TPSA) is 62.1 Å². The second-order valence-corrected chi connectivity index (χ2v) is 3.38. The van der Waals surface area contributed by atoms with Gasteiger partial charge in [-0.1, -0.05) is 0 Å². The third-order valence-electron chi connectivity index (χ3n) is 2.12. The highest BCUT2D eigenvalue weighted by Crippen LogP contribution is 2.29. The zero-order valence-corrected chi connectivity index (χ0v) is 9.78. The molecule has 1 N–H and O–H groups in total. The third kappa shape index (κ3) is 4.03. The number of alkyl halides is 3. The van der Waals surface area contributed by atoms with Crippen LogP contribution in [-0.4, -0.2) is 13.1 Å². The molecule has 0 aliphatic carbocycles. The predicted octanol–water partition coefficient (Wildman–Crippen LogP) is 2.70. The van der Waals surface area contributed by atoms with Crippen LogP contribution in [0.25, 0.3) is 0 Å². The molecule has 0 saturated heterocycles. The molecule has 0 bridgehead atoms. The van der Waals surface area contributed by atoms with Gasteiger partial charge in [-0.15, -0.1) is 0 Å². The fourth-order valence-electron chi connectivity index (χ4n) is 1.16. The second-order valence-electron chi connectivity index (χ2n) is 3.38. The number of rotatable bonds is 3. The Kier molecular flexibility index (Phi) is 4.53. The van der Waals surface area contributed by atoms with Gasteiger partial charge in [0.1, 0.15) is 6.07 Å². The van der Waals surface area contributed by atoms with Crippen LogP contribution in [0.3, 0.4) is 0 Å².